The fourth-order valence-corrected chi connectivity index (χ4v) is 5.07. The molecule has 1 atom stereocenters. The van der Waals surface area contributed by atoms with Crippen LogP contribution in [-0.2, 0) is 14.8 Å². The average molecular weight is 532 g/mol. The Morgan fingerprint density at radius 2 is 1.97 bits per heavy atom. The van der Waals surface area contributed by atoms with Crippen molar-refractivity contribution in [1.29, 1.82) is 0 Å². The maximum absolute atomic E-state index is 13.2. The van der Waals surface area contributed by atoms with Crippen LogP contribution in [0.15, 0.2) is 49.7 Å². The van der Waals surface area contributed by atoms with Crippen molar-refractivity contribution in [3.05, 3.63) is 68.3 Å². The zero-order chi connectivity index (χ0) is 26.8. The number of carbonyl (C=O) groups excluding carboxylic acids is 1. The lowest BCUT2D eigenvalue weighted by Gasteiger charge is -2.20. The smallest absolute Gasteiger partial charge is 0.283 e. The average Bonchev–Trinajstić information content (AvgIpc) is 2.80. The van der Waals surface area contributed by atoms with Crippen LogP contribution in [0.4, 0.5) is 5.69 Å². The van der Waals surface area contributed by atoms with Gasteiger partial charge in [0.1, 0.15) is 16.5 Å². The number of aromatic nitrogens is 1. The normalized spacial score (nSPS) is 13.2. The van der Waals surface area contributed by atoms with Gasteiger partial charge in [0.15, 0.2) is 5.43 Å². The number of nitrogens with two attached hydrogens (primary N) is 1. The molecule has 0 fully saturated rings. The zero-order valence-electron chi connectivity index (χ0n) is 20.3. The summed E-state index contributed by atoms with van der Waals surface area (Å²) < 4.78 is 33.5. The van der Waals surface area contributed by atoms with Gasteiger partial charge < -0.3 is 15.5 Å². The van der Waals surface area contributed by atoms with Crippen LogP contribution in [0, 0.1) is 13.8 Å². The molecule has 0 aliphatic rings. The Labute approximate surface area is 213 Å². The third kappa shape index (κ3) is 5.42. The molecule has 1 unspecified atom stereocenters. The molecule has 0 bridgehead atoms. The molecule has 0 aliphatic heterocycles. The molecule has 190 valence electrons. The first-order valence-electron chi connectivity index (χ1n) is 10.8. The van der Waals surface area contributed by atoms with Gasteiger partial charge in [0.2, 0.25) is 10.9 Å². The summed E-state index contributed by atoms with van der Waals surface area (Å²) in [7, 11) is -2.72. The summed E-state index contributed by atoms with van der Waals surface area (Å²) >= 11 is 5.94. The number of fused-ring (bicyclic) bond motifs is 1. The Bertz CT molecular complexity index is 1580. The van der Waals surface area contributed by atoms with Crippen molar-refractivity contribution in [2.45, 2.75) is 38.8 Å². The first kappa shape index (κ1) is 26.9. The van der Waals surface area contributed by atoms with Crippen molar-refractivity contribution in [3.8, 4) is 0 Å². The number of hydrogen-bond donors (Lipinski definition) is 3. The van der Waals surface area contributed by atoms with Crippen LogP contribution in [0.5, 0.6) is 0 Å². The Kier molecular flexibility index (Phi) is 7.85. The highest BCUT2D eigenvalue weighted by atomic mass is 35.5. The van der Waals surface area contributed by atoms with E-state index in [2.05, 4.69) is 15.3 Å². The van der Waals surface area contributed by atoms with E-state index in [1.54, 1.807) is 27.0 Å². The maximum Gasteiger partial charge on any atom is 0.283 e. The molecule has 10 nitrogen and oxygen atoms in total. The van der Waals surface area contributed by atoms with Gasteiger partial charge in [-0.15, -0.1) is 0 Å². The standard InChI is InChI=1S/C24H26ClN5O5S/c1-12-8-17(23-18(9-12)21(32)13(2)22(35-23)16(10-26)11-27-5)14(3)28-19-6-7-20(25)29-24(19)36(33,34)30-15(4)31/h6-11,14,28H,26H2,1-5H3,(H,30,31)/b16-10+,27-11?. The Hall–Kier alpha value is -3.70. The van der Waals surface area contributed by atoms with Gasteiger partial charge in [0.25, 0.3) is 10.0 Å². The molecule has 3 aromatic rings. The Morgan fingerprint density at radius 3 is 2.58 bits per heavy atom. The van der Waals surface area contributed by atoms with Crippen LogP contribution in [0.2, 0.25) is 5.15 Å². The Morgan fingerprint density at radius 1 is 1.28 bits per heavy atom. The number of allylic oxidation sites excluding steroid dienone is 1. The third-order valence-corrected chi connectivity index (χ3v) is 6.89. The number of nitrogens with zero attached hydrogens (tertiary/aromatic N) is 2. The maximum atomic E-state index is 13.2. The quantitative estimate of drug-likeness (QED) is 0.309. The lowest BCUT2D eigenvalue weighted by molar-refractivity contribution is -0.117. The molecule has 4 N–H and O–H groups in total. The number of pyridine rings is 1. The number of hydrogen-bond acceptors (Lipinski definition) is 9. The first-order valence-corrected chi connectivity index (χ1v) is 12.6. The second kappa shape index (κ2) is 10.5. The number of halogens is 1. The number of rotatable bonds is 7. The molecule has 12 heteroatoms. The van der Waals surface area contributed by atoms with Crippen LogP contribution < -0.4 is 21.2 Å². The summed E-state index contributed by atoms with van der Waals surface area (Å²) in [5.74, 6) is -0.496. The topological polar surface area (TPSA) is 157 Å². The van der Waals surface area contributed by atoms with Crippen molar-refractivity contribution >= 4 is 56.0 Å². The van der Waals surface area contributed by atoms with Gasteiger partial charge in [-0.05, 0) is 44.5 Å². The van der Waals surface area contributed by atoms with Crippen molar-refractivity contribution in [3.63, 3.8) is 0 Å². The van der Waals surface area contributed by atoms with E-state index in [4.69, 9.17) is 21.8 Å². The van der Waals surface area contributed by atoms with E-state index in [9.17, 15) is 18.0 Å². The van der Waals surface area contributed by atoms with Gasteiger partial charge in [0.05, 0.1) is 22.7 Å². The molecule has 1 aromatic carbocycles. The third-order valence-electron chi connectivity index (χ3n) is 5.30. The number of carbonyl (C=O) groups is 1. The highest BCUT2D eigenvalue weighted by Crippen LogP contribution is 2.32. The molecule has 2 aromatic heterocycles. The van der Waals surface area contributed by atoms with Crippen LogP contribution in [-0.4, -0.2) is 32.6 Å². The predicted octanol–water partition coefficient (Wildman–Crippen LogP) is 3.46. The minimum absolute atomic E-state index is 0.0667. The number of amides is 1. The second-order valence-electron chi connectivity index (χ2n) is 8.14. The molecule has 0 saturated carbocycles. The summed E-state index contributed by atoms with van der Waals surface area (Å²) in [6.07, 6.45) is 2.80. The molecular weight excluding hydrogens is 506 g/mol. The summed E-state index contributed by atoms with van der Waals surface area (Å²) in [6.45, 7) is 6.33. The number of benzene rings is 1. The molecular formula is C24H26ClN5O5S. The van der Waals surface area contributed by atoms with Gasteiger partial charge in [-0.2, -0.15) is 8.42 Å². The molecule has 2 heterocycles. The van der Waals surface area contributed by atoms with Crippen LogP contribution in [0.25, 0.3) is 16.5 Å². The molecule has 0 radical (unpaired) electrons. The van der Waals surface area contributed by atoms with Crippen molar-refractivity contribution in [2.24, 2.45) is 10.7 Å². The van der Waals surface area contributed by atoms with Gasteiger partial charge in [-0.3, -0.25) is 14.6 Å². The predicted molar refractivity (Wildman–Crippen MR) is 141 cm³/mol. The SMILES string of the molecule is CN=C/C(=C\N)c1oc2c(C(C)Nc3ccc(Cl)nc3S(=O)(=O)NC(C)=O)cc(C)cc2c(=O)c1C. The molecule has 36 heavy (non-hydrogen) atoms. The van der Waals surface area contributed by atoms with Gasteiger partial charge in [-0.1, -0.05) is 17.7 Å². The van der Waals surface area contributed by atoms with Crippen molar-refractivity contribution in [2.75, 3.05) is 12.4 Å². The minimum atomic E-state index is -4.30. The van der Waals surface area contributed by atoms with Crippen LogP contribution >= 0.6 is 11.6 Å². The molecule has 1 amide bonds. The summed E-state index contributed by atoms with van der Waals surface area (Å²) in [5, 5.41) is 2.95. The van der Waals surface area contributed by atoms with Gasteiger partial charge in [0, 0.05) is 37.5 Å². The fraction of sp³-hybridized carbons (Fsp3) is 0.250. The summed E-state index contributed by atoms with van der Waals surface area (Å²) in [4.78, 5) is 32.6. The summed E-state index contributed by atoms with van der Waals surface area (Å²) in [5.41, 5.74) is 8.14. The lowest BCUT2D eigenvalue weighted by atomic mass is 9.99. The van der Waals surface area contributed by atoms with E-state index in [-0.39, 0.29) is 22.0 Å². The Balaban J connectivity index is 2.21. The van der Waals surface area contributed by atoms with Crippen LogP contribution in [0.3, 0.4) is 0 Å². The molecule has 0 saturated heterocycles. The minimum Gasteiger partial charge on any atom is -0.455 e. The monoisotopic (exact) mass is 531 g/mol. The zero-order valence-corrected chi connectivity index (χ0v) is 21.9. The highest BCUT2D eigenvalue weighted by Gasteiger charge is 2.25. The molecule has 0 spiro atoms. The largest absolute Gasteiger partial charge is 0.455 e. The molecule has 3 rings (SSSR count). The van der Waals surface area contributed by atoms with E-state index in [0.717, 1.165) is 12.5 Å². The fourth-order valence-electron chi connectivity index (χ4n) is 3.76. The van der Waals surface area contributed by atoms with E-state index >= 15 is 0 Å². The van der Waals surface area contributed by atoms with E-state index in [0.29, 0.717) is 27.7 Å². The van der Waals surface area contributed by atoms with E-state index in [1.165, 1.54) is 24.5 Å². The molecule has 0 aliphatic carbocycles. The van der Waals surface area contributed by atoms with Crippen molar-refractivity contribution in [1.82, 2.24) is 9.71 Å². The number of sulfonamides is 1. The second-order valence-corrected chi connectivity index (χ2v) is 10.1. The number of nitrogens with one attached hydrogen (secondary N) is 2. The number of aliphatic imine (C=N–C) groups is 1. The first-order chi connectivity index (χ1) is 16.9. The van der Waals surface area contributed by atoms with E-state index < -0.39 is 27.0 Å². The van der Waals surface area contributed by atoms with Crippen molar-refractivity contribution < 1.29 is 17.6 Å². The van der Waals surface area contributed by atoms with Gasteiger partial charge >= 0.3 is 0 Å². The highest BCUT2D eigenvalue weighted by molar-refractivity contribution is 7.90. The summed E-state index contributed by atoms with van der Waals surface area (Å²) in [6, 6.07) is 5.85. The van der Waals surface area contributed by atoms with Crippen LogP contribution in [0.1, 0.15) is 42.3 Å². The number of aryl methyl sites for hydroxylation is 1. The number of anilines is 1. The van der Waals surface area contributed by atoms with E-state index in [1.807, 2.05) is 17.7 Å². The lowest BCUT2D eigenvalue weighted by Crippen LogP contribution is -2.29. The van der Waals surface area contributed by atoms with Gasteiger partial charge in [-0.25, -0.2) is 9.71 Å².